The Labute approximate surface area is 164 Å². The molecule has 2 aromatic carbocycles. The third-order valence-electron chi connectivity index (χ3n) is 4.95. The molecule has 5 nitrogen and oxygen atoms in total. The average Bonchev–Trinajstić information content (AvgIpc) is 3.39. The van der Waals surface area contributed by atoms with Crippen LogP contribution in [0.2, 0.25) is 0 Å². The molecule has 0 bridgehead atoms. The molecule has 28 heavy (non-hydrogen) atoms. The molecule has 1 unspecified atom stereocenters. The first kappa shape index (κ1) is 18.7. The minimum atomic E-state index is -0.349. The minimum absolute atomic E-state index is 0.255. The zero-order valence-corrected chi connectivity index (χ0v) is 15.9. The van der Waals surface area contributed by atoms with Crippen molar-refractivity contribution in [2.24, 2.45) is 0 Å². The van der Waals surface area contributed by atoms with Gasteiger partial charge in [0.1, 0.15) is 17.3 Å². The molecule has 4 rings (SSSR count). The Morgan fingerprint density at radius 2 is 2.11 bits per heavy atom. The maximum Gasteiger partial charge on any atom is 0.136 e. The van der Waals surface area contributed by atoms with Crippen molar-refractivity contribution in [3.05, 3.63) is 66.1 Å². The van der Waals surface area contributed by atoms with Gasteiger partial charge in [-0.1, -0.05) is 18.2 Å². The number of rotatable bonds is 7. The number of hydrogen-bond donors (Lipinski definition) is 1. The molecule has 1 aliphatic heterocycles. The van der Waals surface area contributed by atoms with Crippen LogP contribution in [0.25, 0.3) is 16.9 Å². The van der Waals surface area contributed by atoms with Crippen molar-refractivity contribution in [2.45, 2.75) is 25.5 Å². The highest BCUT2D eigenvalue weighted by Crippen LogP contribution is 2.29. The maximum atomic E-state index is 14.7. The summed E-state index contributed by atoms with van der Waals surface area (Å²) in [6, 6.07) is 14.7. The maximum absolute atomic E-state index is 14.7. The first-order chi connectivity index (χ1) is 13.7. The minimum Gasteiger partial charge on any atom is -0.497 e. The predicted molar refractivity (Wildman–Crippen MR) is 106 cm³/mol. The molecule has 2 heterocycles. The molecule has 0 saturated carbocycles. The third-order valence-corrected chi connectivity index (χ3v) is 4.95. The van der Waals surface area contributed by atoms with Crippen LogP contribution in [0.5, 0.6) is 5.75 Å². The molecule has 146 valence electrons. The third kappa shape index (κ3) is 4.08. The van der Waals surface area contributed by atoms with Crippen molar-refractivity contribution >= 4 is 0 Å². The van der Waals surface area contributed by atoms with Gasteiger partial charge in [-0.15, -0.1) is 0 Å². The second-order valence-corrected chi connectivity index (χ2v) is 6.89. The van der Waals surface area contributed by atoms with Gasteiger partial charge in [-0.3, -0.25) is 0 Å². The van der Waals surface area contributed by atoms with E-state index in [1.165, 1.54) is 13.2 Å². The van der Waals surface area contributed by atoms with E-state index in [4.69, 9.17) is 9.47 Å². The number of para-hydroxylation sites is 1. The fourth-order valence-corrected chi connectivity index (χ4v) is 3.47. The summed E-state index contributed by atoms with van der Waals surface area (Å²) in [5, 5.41) is 8.12. The van der Waals surface area contributed by atoms with Gasteiger partial charge in [-0.2, -0.15) is 5.10 Å². The summed E-state index contributed by atoms with van der Waals surface area (Å²) >= 11 is 0. The number of ether oxygens (including phenoxy) is 2. The van der Waals surface area contributed by atoms with E-state index in [-0.39, 0.29) is 11.9 Å². The fourth-order valence-electron chi connectivity index (χ4n) is 3.47. The zero-order valence-electron chi connectivity index (χ0n) is 15.9. The lowest BCUT2D eigenvalue weighted by atomic mass is 10.1. The van der Waals surface area contributed by atoms with Crippen LogP contribution >= 0.6 is 0 Å². The van der Waals surface area contributed by atoms with Gasteiger partial charge in [0, 0.05) is 43.1 Å². The van der Waals surface area contributed by atoms with Crippen molar-refractivity contribution in [1.29, 1.82) is 0 Å². The normalized spacial score (nSPS) is 16.4. The molecular formula is C22H24FN3O2. The van der Waals surface area contributed by atoms with E-state index in [0.29, 0.717) is 23.6 Å². The van der Waals surface area contributed by atoms with Crippen molar-refractivity contribution in [2.75, 3.05) is 20.3 Å². The molecule has 1 atom stereocenters. The van der Waals surface area contributed by atoms with Gasteiger partial charge in [0.15, 0.2) is 0 Å². The lowest BCUT2D eigenvalue weighted by Gasteiger charge is -2.11. The number of hydrogen-bond acceptors (Lipinski definition) is 4. The number of benzene rings is 2. The second kappa shape index (κ2) is 8.54. The van der Waals surface area contributed by atoms with Crippen molar-refractivity contribution in [3.63, 3.8) is 0 Å². The lowest BCUT2D eigenvalue weighted by molar-refractivity contribution is 0.110. The van der Waals surface area contributed by atoms with Gasteiger partial charge >= 0.3 is 0 Å². The SMILES string of the molecule is COc1ccc(-c2nn(-c3ccccc3)cc2CNCC2CCCO2)c(F)c1. The van der Waals surface area contributed by atoms with E-state index in [1.807, 2.05) is 36.5 Å². The molecule has 1 fully saturated rings. The Morgan fingerprint density at radius 1 is 1.25 bits per heavy atom. The summed E-state index contributed by atoms with van der Waals surface area (Å²) in [4.78, 5) is 0. The Kier molecular flexibility index (Phi) is 5.69. The quantitative estimate of drug-likeness (QED) is 0.673. The van der Waals surface area contributed by atoms with Crippen LogP contribution in [0.3, 0.4) is 0 Å². The number of halogens is 1. The van der Waals surface area contributed by atoms with Gasteiger partial charge < -0.3 is 14.8 Å². The van der Waals surface area contributed by atoms with Crippen molar-refractivity contribution < 1.29 is 13.9 Å². The monoisotopic (exact) mass is 381 g/mol. The topological polar surface area (TPSA) is 48.3 Å². The standard InChI is InChI=1S/C22H24FN3O2/c1-27-18-9-10-20(21(23)12-18)22-16(13-24-14-19-8-5-11-28-19)15-26(25-22)17-6-3-2-4-7-17/h2-4,6-7,9-10,12,15,19,24H,5,8,11,13-14H2,1H3. The number of nitrogens with zero attached hydrogens (tertiary/aromatic N) is 2. The van der Waals surface area contributed by atoms with Gasteiger partial charge in [0.25, 0.3) is 0 Å². The number of aromatic nitrogens is 2. The largest absolute Gasteiger partial charge is 0.497 e. The van der Waals surface area contributed by atoms with E-state index in [1.54, 1.807) is 16.8 Å². The van der Waals surface area contributed by atoms with Crippen LogP contribution in [-0.4, -0.2) is 36.1 Å². The fraction of sp³-hybridized carbons (Fsp3) is 0.318. The first-order valence-corrected chi connectivity index (χ1v) is 9.55. The van der Waals surface area contributed by atoms with Crippen LogP contribution in [0.4, 0.5) is 4.39 Å². The molecule has 3 aromatic rings. The van der Waals surface area contributed by atoms with Crippen LogP contribution in [0.1, 0.15) is 18.4 Å². The highest BCUT2D eigenvalue weighted by Gasteiger charge is 2.18. The van der Waals surface area contributed by atoms with E-state index in [2.05, 4.69) is 10.4 Å². The van der Waals surface area contributed by atoms with Crippen LogP contribution in [0.15, 0.2) is 54.7 Å². The van der Waals surface area contributed by atoms with Crippen LogP contribution in [0, 0.1) is 5.82 Å². The molecular weight excluding hydrogens is 357 g/mol. The van der Waals surface area contributed by atoms with E-state index >= 15 is 0 Å². The molecule has 1 saturated heterocycles. The van der Waals surface area contributed by atoms with Gasteiger partial charge in [0.2, 0.25) is 0 Å². The lowest BCUT2D eigenvalue weighted by Crippen LogP contribution is -2.25. The Balaban J connectivity index is 1.63. The second-order valence-electron chi connectivity index (χ2n) is 6.89. The molecule has 0 radical (unpaired) electrons. The average molecular weight is 381 g/mol. The molecule has 1 aliphatic rings. The summed E-state index contributed by atoms with van der Waals surface area (Å²) in [6.07, 6.45) is 4.40. The zero-order chi connectivity index (χ0) is 19.3. The van der Waals surface area contributed by atoms with E-state index in [0.717, 1.165) is 37.2 Å². The first-order valence-electron chi connectivity index (χ1n) is 9.55. The number of methoxy groups -OCH3 is 1. The molecule has 0 aliphatic carbocycles. The summed E-state index contributed by atoms with van der Waals surface area (Å²) in [5.74, 6) is 0.139. The van der Waals surface area contributed by atoms with Gasteiger partial charge in [-0.25, -0.2) is 9.07 Å². The molecule has 6 heteroatoms. The van der Waals surface area contributed by atoms with E-state index in [9.17, 15) is 4.39 Å². The van der Waals surface area contributed by atoms with Gasteiger partial charge in [-0.05, 0) is 37.1 Å². The molecule has 0 spiro atoms. The Bertz CT molecular complexity index is 921. The summed E-state index contributed by atoms with van der Waals surface area (Å²) in [6.45, 7) is 2.20. The Hall–Kier alpha value is -2.70. The molecule has 1 aromatic heterocycles. The summed E-state index contributed by atoms with van der Waals surface area (Å²) < 4.78 is 27.3. The molecule has 0 amide bonds. The van der Waals surface area contributed by atoms with Crippen LogP contribution < -0.4 is 10.1 Å². The number of nitrogens with one attached hydrogen (secondary N) is 1. The highest BCUT2D eigenvalue weighted by atomic mass is 19.1. The summed E-state index contributed by atoms with van der Waals surface area (Å²) in [5.41, 5.74) is 2.96. The van der Waals surface area contributed by atoms with Gasteiger partial charge in [0.05, 0.1) is 18.9 Å². The van der Waals surface area contributed by atoms with E-state index < -0.39 is 0 Å². The highest BCUT2D eigenvalue weighted by molar-refractivity contribution is 5.65. The van der Waals surface area contributed by atoms with Crippen molar-refractivity contribution in [3.8, 4) is 22.7 Å². The predicted octanol–water partition coefficient (Wildman–Crippen LogP) is 3.96. The summed E-state index contributed by atoms with van der Waals surface area (Å²) in [7, 11) is 1.53. The molecule has 1 N–H and O–H groups in total. The van der Waals surface area contributed by atoms with Crippen molar-refractivity contribution in [1.82, 2.24) is 15.1 Å². The Morgan fingerprint density at radius 3 is 2.82 bits per heavy atom. The smallest absolute Gasteiger partial charge is 0.136 e. The van der Waals surface area contributed by atoms with Crippen LogP contribution in [-0.2, 0) is 11.3 Å².